The molecule has 0 fully saturated rings. The van der Waals surface area contributed by atoms with E-state index in [2.05, 4.69) is 12.2 Å². The maximum Gasteiger partial charge on any atom is 0.338 e. The highest BCUT2D eigenvalue weighted by molar-refractivity contribution is 6.05. The molecule has 0 unspecified atom stereocenters. The largest absolute Gasteiger partial charge is 0.478 e. The summed E-state index contributed by atoms with van der Waals surface area (Å²) in [5, 5.41) is 21.0. The molecule has 0 saturated heterocycles. The second-order valence-corrected chi connectivity index (χ2v) is 3.97. The molecule has 0 bridgehead atoms. The van der Waals surface area contributed by atoms with Crippen LogP contribution in [0.5, 0.6) is 0 Å². The summed E-state index contributed by atoms with van der Waals surface area (Å²) in [5.74, 6) is -2.46. The minimum absolute atomic E-state index is 0.179. The van der Waals surface area contributed by atoms with E-state index in [-0.39, 0.29) is 11.1 Å². The third-order valence-corrected chi connectivity index (χ3v) is 2.60. The summed E-state index contributed by atoms with van der Waals surface area (Å²) >= 11 is 0. The predicted octanol–water partition coefficient (Wildman–Crippen LogP) is 2.69. The quantitative estimate of drug-likeness (QED) is 0.648. The first-order chi connectivity index (χ1) is 8.57. The molecular weight excluding hydrogens is 234 g/mol. The Balaban J connectivity index is 2.93. The molecule has 1 aromatic rings. The van der Waals surface area contributed by atoms with Crippen molar-refractivity contribution in [3.8, 4) is 0 Å². The molecule has 0 atom stereocenters. The number of nitrogens with one attached hydrogen (secondary N) is 1. The summed E-state index contributed by atoms with van der Waals surface area (Å²) in [7, 11) is 0. The summed E-state index contributed by atoms with van der Waals surface area (Å²) in [6.07, 6.45) is 3.05. The lowest BCUT2D eigenvalue weighted by molar-refractivity contribution is 0.0652. The van der Waals surface area contributed by atoms with Crippen LogP contribution < -0.4 is 5.32 Å². The zero-order valence-electron chi connectivity index (χ0n) is 10.3. The molecular formula is C13H17NO4. The van der Waals surface area contributed by atoms with Gasteiger partial charge in [0, 0.05) is 12.2 Å². The van der Waals surface area contributed by atoms with Crippen molar-refractivity contribution in [1.82, 2.24) is 0 Å². The van der Waals surface area contributed by atoms with Gasteiger partial charge in [-0.15, -0.1) is 0 Å². The van der Waals surface area contributed by atoms with E-state index in [9.17, 15) is 9.59 Å². The number of rotatable bonds is 7. The molecule has 0 heterocycles. The van der Waals surface area contributed by atoms with Crippen LogP contribution in [0.15, 0.2) is 18.2 Å². The van der Waals surface area contributed by atoms with Gasteiger partial charge in [0.25, 0.3) is 0 Å². The van der Waals surface area contributed by atoms with Crippen molar-refractivity contribution in [2.24, 2.45) is 0 Å². The number of carbonyl (C=O) groups is 2. The third kappa shape index (κ3) is 3.48. The Morgan fingerprint density at radius 3 is 2.44 bits per heavy atom. The molecule has 5 heteroatoms. The molecule has 1 rings (SSSR count). The maximum absolute atomic E-state index is 11.1. The van der Waals surface area contributed by atoms with Crippen molar-refractivity contribution >= 4 is 17.6 Å². The lowest BCUT2D eigenvalue weighted by Crippen LogP contribution is -2.13. The van der Waals surface area contributed by atoms with Gasteiger partial charge in [-0.1, -0.05) is 25.8 Å². The fourth-order valence-electron chi connectivity index (χ4n) is 1.71. The molecule has 5 nitrogen and oxygen atoms in total. The normalized spacial score (nSPS) is 10.1. The Morgan fingerprint density at radius 2 is 1.89 bits per heavy atom. The highest BCUT2D eigenvalue weighted by Gasteiger charge is 2.19. The van der Waals surface area contributed by atoms with Gasteiger partial charge in [0.1, 0.15) is 0 Å². The van der Waals surface area contributed by atoms with Crippen molar-refractivity contribution in [2.75, 3.05) is 11.9 Å². The average molecular weight is 251 g/mol. The molecule has 0 aliphatic rings. The molecule has 0 aromatic heterocycles. The monoisotopic (exact) mass is 251 g/mol. The van der Waals surface area contributed by atoms with Gasteiger partial charge in [-0.25, -0.2) is 9.59 Å². The van der Waals surface area contributed by atoms with Gasteiger partial charge < -0.3 is 15.5 Å². The Morgan fingerprint density at radius 1 is 1.17 bits per heavy atom. The number of benzene rings is 1. The maximum atomic E-state index is 11.1. The van der Waals surface area contributed by atoms with Crippen LogP contribution in [0, 0.1) is 0 Å². The van der Waals surface area contributed by atoms with Crippen molar-refractivity contribution in [3.05, 3.63) is 29.3 Å². The number of carboxylic acids is 2. The Hall–Kier alpha value is -2.04. The van der Waals surface area contributed by atoms with E-state index in [4.69, 9.17) is 10.2 Å². The molecule has 0 aliphatic heterocycles. The smallest absolute Gasteiger partial charge is 0.338 e. The lowest BCUT2D eigenvalue weighted by atomic mass is 10.1. The third-order valence-electron chi connectivity index (χ3n) is 2.60. The van der Waals surface area contributed by atoms with E-state index in [1.165, 1.54) is 12.1 Å². The fourth-order valence-corrected chi connectivity index (χ4v) is 1.71. The second kappa shape index (κ2) is 6.64. The molecule has 0 radical (unpaired) electrons. The summed E-state index contributed by atoms with van der Waals surface area (Å²) in [5.41, 5.74) is -0.0111. The predicted molar refractivity (Wildman–Crippen MR) is 68.4 cm³/mol. The van der Waals surface area contributed by atoms with Crippen molar-refractivity contribution < 1.29 is 19.8 Å². The molecule has 0 spiro atoms. The van der Waals surface area contributed by atoms with Crippen LogP contribution in [-0.2, 0) is 0 Å². The van der Waals surface area contributed by atoms with Gasteiger partial charge in [-0.05, 0) is 18.6 Å². The second-order valence-electron chi connectivity index (χ2n) is 3.97. The SMILES string of the molecule is CCCCCNc1cccc(C(=O)O)c1C(=O)O. The highest BCUT2D eigenvalue weighted by atomic mass is 16.4. The van der Waals surface area contributed by atoms with Gasteiger partial charge in [-0.2, -0.15) is 0 Å². The molecule has 0 aliphatic carbocycles. The average Bonchev–Trinajstić information content (AvgIpc) is 2.33. The molecule has 0 amide bonds. The number of carboxylic acid groups (broad SMARTS) is 2. The fraction of sp³-hybridized carbons (Fsp3) is 0.385. The van der Waals surface area contributed by atoms with Crippen LogP contribution in [0.1, 0.15) is 46.9 Å². The zero-order chi connectivity index (χ0) is 13.5. The summed E-state index contributed by atoms with van der Waals surface area (Å²) in [4.78, 5) is 22.1. The molecule has 0 saturated carbocycles. The van der Waals surface area contributed by atoms with Gasteiger partial charge in [-0.3, -0.25) is 0 Å². The van der Waals surface area contributed by atoms with Crippen LogP contribution in [0.4, 0.5) is 5.69 Å². The van der Waals surface area contributed by atoms with Crippen LogP contribution in [-0.4, -0.2) is 28.7 Å². The van der Waals surface area contributed by atoms with Crippen LogP contribution in [0.3, 0.4) is 0 Å². The minimum atomic E-state index is -1.23. The van der Waals surface area contributed by atoms with E-state index in [0.717, 1.165) is 19.3 Å². The number of aromatic carboxylic acids is 2. The summed E-state index contributed by atoms with van der Waals surface area (Å²) in [6, 6.07) is 4.42. The standard InChI is InChI=1S/C13H17NO4/c1-2-3-4-8-14-10-7-5-6-9(12(15)16)11(10)13(17)18/h5-7,14H,2-4,8H2,1H3,(H,15,16)(H,17,18). The van der Waals surface area contributed by atoms with Crippen LogP contribution in [0.25, 0.3) is 0 Å². The lowest BCUT2D eigenvalue weighted by Gasteiger charge is -2.11. The molecule has 98 valence electrons. The van der Waals surface area contributed by atoms with Gasteiger partial charge in [0.15, 0.2) is 0 Å². The van der Waals surface area contributed by atoms with E-state index in [1.807, 2.05) is 0 Å². The summed E-state index contributed by atoms with van der Waals surface area (Å²) in [6.45, 7) is 2.71. The van der Waals surface area contributed by atoms with E-state index < -0.39 is 11.9 Å². The first-order valence-corrected chi connectivity index (χ1v) is 5.91. The number of unbranched alkanes of at least 4 members (excludes halogenated alkanes) is 2. The van der Waals surface area contributed by atoms with E-state index in [0.29, 0.717) is 12.2 Å². The number of anilines is 1. The van der Waals surface area contributed by atoms with E-state index >= 15 is 0 Å². The van der Waals surface area contributed by atoms with E-state index in [1.54, 1.807) is 6.07 Å². The van der Waals surface area contributed by atoms with Crippen molar-refractivity contribution in [2.45, 2.75) is 26.2 Å². The van der Waals surface area contributed by atoms with Gasteiger partial charge in [0.05, 0.1) is 11.1 Å². The van der Waals surface area contributed by atoms with Crippen LogP contribution >= 0.6 is 0 Å². The minimum Gasteiger partial charge on any atom is -0.478 e. The summed E-state index contributed by atoms with van der Waals surface area (Å²) < 4.78 is 0. The van der Waals surface area contributed by atoms with Gasteiger partial charge >= 0.3 is 11.9 Å². The zero-order valence-corrected chi connectivity index (χ0v) is 10.3. The Kier molecular flexibility index (Phi) is 5.17. The molecule has 3 N–H and O–H groups in total. The van der Waals surface area contributed by atoms with Crippen molar-refractivity contribution in [3.63, 3.8) is 0 Å². The first-order valence-electron chi connectivity index (χ1n) is 5.91. The Labute approximate surface area is 105 Å². The molecule has 18 heavy (non-hydrogen) atoms. The first kappa shape index (κ1) is 14.0. The number of hydrogen-bond acceptors (Lipinski definition) is 3. The topological polar surface area (TPSA) is 86.6 Å². The van der Waals surface area contributed by atoms with Crippen molar-refractivity contribution in [1.29, 1.82) is 0 Å². The highest BCUT2D eigenvalue weighted by Crippen LogP contribution is 2.20. The Bertz CT molecular complexity index is 443. The molecule has 1 aromatic carbocycles. The van der Waals surface area contributed by atoms with Crippen LogP contribution in [0.2, 0.25) is 0 Å². The van der Waals surface area contributed by atoms with Gasteiger partial charge in [0.2, 0.25) is 0 Å². The number of hydrogen-bond donors (Lipinski definition) is 3.